The standard InChI is InChI=1S/C13H17NO4/c1-2-16-13(15)12-11(17-6-7-18-12)9-4-3-5-10(14)8-9/h3-5,8,11-12H,2,6-7,14H2,1H3. The van der Waals surface area contributed by atoms with Crippen molar-refractivity contribution in [2.24, 2.45) is 0 Å². The highest BCUT2D eigenvalue weighted by Crippen LogP contribution is 2.28. The van der Waals surface area contributed by atoms with Crippen molar-refractivity contribution >= 4 is 11.7 Å². The molecule has 2 rings (SSSR count). The highest BCUT2D eigenvalue weighted by Gasteiger charge is 2.35. The average molecular weight is 251 g/mol. The van der Waals surface area contributed by atoms with Crippen LogP contribution < -0.4 is 5.73 Å². The van der Waals surface area contributed by atoms with E-state index >= 15 is 0 Å². The molecule has 1 heterocycles. The van der Waals surface area contributed by atoms with E-state index in [4.69, 9.17) is 19.9 Å². The van der Waals surface area contributed by atoms with Gasteiger partial charge in [0.2, 0.25) is 0 Å². The van der Waals surface area contributed by atoms with Crippen LogP contribution in [-0.4, -0.2) is 31.9 Å². The fourth-order valence-corrected chi connectivity index (χ4v) is 1.95. The lowest BCUT2D eigenvalue weighted by Crippen LogP contribution is -2.39. The number of carbonyl (C=O) groups excluding carboxylic acids is 1. The number of nitrogens with two attached hydrogens (primary N) is 1. The molecule has 0 saturated carbocycles. The van der Waals surface area contributed by atoms with Crippen LogP contribution in [-0.2, 0) is 19.0 Å². The molecular formula is C13H17NO4. The van der Waals surface area contributed by atoms with Crippen LogP contribution in [0, 0.1) is 0 Å². The Labute approximate surface area is 106 Å². The summed E-state index contributed by atoms with van der Waals surface area (Å²) in [7, 11) is 0. The topological polar surface area (TPSA) is 70.8 Å². The van der Waals surface area contributed by atoms with Crippen LogP contribution in [0.15, 0.2) is 24.3 Å². The molecule has 1 aliphatic rings. The van der Waals surface area contributed by atoms with E-state index < -0.39 is 18.2 Å². The van der Waals surface area contributed by atoms with Gasteiger partial charge in [0.15, 0.2) is 6.10 Å². The van der Waals surface area contributed by atoms with Crippen molar-refractivity contribution in [2.75, 3.05) is 25.6 Å². The maximum absolute atomic E-state index is 11.8. The largest absolute Gasteiger partial charge is 0.464 e. The van der Waals surface area contributed by atoms with Crippen molar-refractivity contribution in [3.63, 3.8) is 0 Å². The first-order valence-corrected chi connectivity index (χ1v) is 5.97. The zero-order chi connectivity index (χ0) is 13.0. The molecule has 5 nitrogen and oxygen atoms in total. The Morgan fingerprint density at radius 1 is 1.44 bits per heavy atom. The maximum atomic E-state index is 11.8. The van der Waals surface area contributed by atoms with Crippen molar-refractivity contribution in [1.29, 1.82) is 0 Å². The molecular weight excluding hydrogens is 234 g/mol. The number of esters is 1. The molecule has 0 bridgehead atoms. The van der Waals surface area contributed by atoms with E-state index in [1.54, 1.807) is 19.1 Å². The summed E-state index contributed by atoms with van der Waals surface area (Å²) in [6, 6.07) is 7.25. The summed E-state index contributed by atoms with van der Waals surface area (Å²) in [4.78, 5) is 11.8. The molecule has 5 heteroatoms. The van der Waals surface area contributed by atoms with Crippen molar-refractivity contribution in [1.82, 2.24) is 0 Å². The third kappa shape index (κ3) is 2.80. The second-order valence-corrected chi connectivity index (χ2v) is 4.00. The molecule has 1 saturated heterocycles. The Balaban J connectivity index is 2.20. The normalized spacial score (nSPS) is 23.6. The van der Waals surface area contributed by atoms with Crippen LogP contribution in [0.3, 0.4) is 0 Å². The van der Waals surface area contributed by atoms with Crippen molar-refractivity contribution in [2.45, 2.75) is 19.1 Å². The number of ether oxygens (including phenoxy) is 3. The van der Waals surface area contributed by atoms with Crippen LogP contribution >= 0.6 is 0 Å². The second-order valence-electron chi connectivity index (χ2n) is 4.00. The van der Waals surface area contributed by atoms with Gasteiger partial charge in [-0.25, -0.2) is 4.79 Å². The summed E-state index contributed by atoms with van der Waals surface area (Å²) in [5.74, 6) is -0.398. The van der Waals surface area contributed by atoms with Crippen LogP contribution in [0.2, 0.25) is 0 Å². The predicted octanol–water partition coefficient (Wildman–Crippen LogP) is 1.29. The van der Waals surface area contributed by atoms with Gasteiger partial charge in [0.25, 0.3) is 0 Å². The summed E-state index contributed by atoms with van der Waals surface area (Å²) in [5.41, 5.74) is 7.19. The minimum atomic E-state index is -0.722. The van der Waals surface area contributed by atoms with E-state index in [9.17, 15) is 4.79 Å². The summed E-state index contributed by atoms with van der Waals surface area (Å²) in [6.45, 7) is 2.93. The fourth-order valence-electron chi connectivity index (χ4n) is 1.95. The first-order chi connectivity index (χ1) is 8.72. The molecule has 0 spiro atoms. The Kier molecular flexibility index (Phi) is 4.17. The number of anilines is 1. The predicted molar refractivity (Wildman–Crippen MR) is 65.9 cm³/mol. The van der Waals surface area contributed by atoms with Crippen molar-refractivity contribution < 1.29 is 19.0 Å². The van der Waals surface area contributed by atoms with E-state index in [0.29, 0.717) is 25.5 Å². The van der Waals surface area contributed by atoms with Gasteiger partial charge in [0, 0.05) is 5.69 Å². The zero-order valence-corrected chi connectivity index (χ0v) is 10.3. The lowest BCUT2D eigenvalue weighted by atomic mass is 10.0. The summed E-state index contributed by atoms with van der Waals surface area (Å²) in [6.07, 6.45) is -1.18. The molecule has 1 aromatic rings. The zero-order valence-electron chi connectivity index (χ0n) is 10.3. The summed E-state index contributed by atoms with van der Waals surface area (Å²) in [5, 5.41) is 0. The van der Waals surface area contributed by atoms with E-state index in [-0.39, 0.29) is 0 Å². The van der Waals surface area contributed by atoms with E-state index in [0.717, 1.165) is 5.56 Å². The molecule has 2 atom stereocenters. The Hall–Kier alpha value is -1.59. The minimum absolute atomic E-state index is 0.322. The molecule has 0 aliphatic carbocycles. The number of nitrogen functional groups attached to an aromatic ring is 1. The Morgan fingerprint density at radius 2 is 2.22 bits per heavy atom. The van der Waals surface area contributed by atoms with E-state index in [1.165, 1.54) is 0 Å². The van der Waals surface area contributed by atoms with Gasteiger partial charge in [0.1, 0.15) is 6.10 Å². The Bertz CT molecular complexity index is 421. The van der Waals surface area contributed by atoms with Crippen LogP contribution in [0.25, 0.3) is 0 Å². The summed E-state index contributed by atoms with van der Waals surface area (Å²) < 4.78 is 16.1. The SMILES string of the molecule is CCOC(=O)C1OCCOC1c1cccc(N)c1. The van der Waals surface area contributed by atoms with Gasteiger partial charge in [-0.05, 0) is 24.6 Å². The first-order valence-electron chi connectivity index (χ1n) is 5.97. The molecule has 2 N–H and O–H groups in total. The van der Waals surface area contributed by atoms with Gasteiger partial charge in [-0.15, -0.1) is 0 Å². The molecule has 0 aromatic heterocycles. The van der Waals surface area contributed by atoms with Gasteiger partial charge in [-0.2, -0.15) is 0 Å². The van der Waals surface area contributed by atoms with Crippen molar-refractivity contribution in [3.05, 3.63) is 29.8 Å². The van der Waals surface area contributed by atoms with Crippen LogP contribution in [0.5, 0.6) is 0 Å². The molecule has 18 heavy (non-hydrogen) atoms. The maximum Gasteiger partial charge on any atom is 0.338 e. The van der Waals surface area contributed by atoms with Gasteiger partial charge >= 0.3 is 5.97 Å². The van der Waals surface area contributed by atoms with Crippen LogP contribution in [0.4, 0.5) is 5.69 Å². The second kappa shape index (κ2) is 5.84. The van der Waals surface area contributed by atoms with Crippen LogP contribution in [0.1, 0.15) is 18.6 Å². The lowest BCUT2D eigenvalue weighted by Gasteiger charge is -2.30. The lowest BCUT2D eigenvalue weighted by molar-refractivity contribution is -0.186. The number of hydrogen-bond donors (Lipinski definition) is 1. The average Bonchev–Trinajstić information content (AvgIpc) is 2.39. The summed E-state index contributed by atoms with van der Waals surface area (Å²) >= 11 is 0. The third-order valence-electron chi connectivity index (χ3n) is 2.71. The highest BCUT2D eigenvalue weighted by atomic mass is 16.6. The van der Waals surface area contributed by atoms with E-state index in [2.05, 4.69) is 0 Å². The molecule has 1 fully saturated rings. The number of hydrogen-bond acceptors (Lipinski definition) is 5. The molecule has 2 unspecified atom stereocenters. The monoisotopic (exact) mass is 251 g/mol. The third-order valence-corrected chi connectivity index (χ3v) is 2.71. The van der Waals surface area contributed by atoms with E-state index in [1.807, 2.05) is 12.1 Å². The molecule has 98 valence electrons. The molecule has 1 aliphatic heterocycles. The molecule has 0 amide bonds. The van der Waals surface area contributed by atoms with Gasteiger partial charge in [-0.1, -0.05) is 12.1 Å². The number of rotatable bonds is 3. The van der Waals surface area contributed by atoms with Gasteiger partial charge in [-0.3, -0.25) is 0 Å². The highest BCUT2D eigenvalue weighted by molar-refractivity contribution is 5.76. The first kappa shape index (κ1) is 12.9. The van der Waals surface area contributed by atoms with Crippen molar-refractivity contribution in [3.8, 4) is 0 Å². The number of benzene rings is 1. The molecule has 1 aromatic carbocycles. The minimum Gasteiger partial charge on any atom is -0.464 e. The fraction of sp³-hybridized carbons (Fsp3) is 0.462. The quantitative estimate of drug-likeness (QED) is 0.647. The van der Waals surface area contributed by atoms with Gasteiger partial charge < -0.3 is 19.9 Å². The van der Waals surface area contributed by atoms with Gasteiger partial charge in [0.05, 0.1) is 19.8 Å². The Morgan fingerprint density at radius 3 is 2.94 bits per heavy atom. The number of carbonyl (C=O) groups is 1. The molecule has 0 radical (unpaired) electrons. The smallest absolute Gasteiger partial charge is 0.338 e.